The number of methoxy groups -OCH3 is 1. The Labute approximate surface area is 183 Å². The molecule has 0 fully saturated rings. The van der Waals surface area contributed by atoms with Gasteiger partial charge in [0.2, 0.25) is 0 Å². The minimum Gasteiger partial charge on any atom is -0.493 e. The van der Waals surface area contributed by atoms with Crippen LogP contribution in [0.4, 0.5) is 5.69 Å². The van der Waals surface area contributed by atoms with Crippen LogP contribution in [0.1, 0.15) is 29.8 Å². The van der Waals surface area contributed by atoms with Gasteiger partial charge < -0.3 is 19.7 Å². The molecule has 0 atom stereocenters. The molecule has 0 saturated carbocycles. The number of nitrogens with zero attached hydrogens (tertiary/aromatic N) is 3. The van der Waals surface area contributed by atoms with Crippen molar-refractivity contribution in [1.82, 2.24) is 14.7 Å². The first-order valence-electron chi connectivity index (χ1n) is 10.5. The number of likely N-dealkylation sites (N-methyl/N-ethyl adjacent to an activating group) is 1. The molecule has 0 aliphatic carbocycles. The largest absolute Gasteiger partial charge is 0.493 e. The molecule has 3 rings (SSSR count). The van der Waals surface area contributed by atoms with Gasteiger partial charge >= 0.3 is 0 Å². The van der Waals surface area contributed by atoms with Crippen molar-refractivity contribution < 1.29 is 14.3 Å². The maximum atomic E-state index is 12.7. The first kappa shape index (κ1) is 22.4. The summed E-state index contributed by atoms with van der Waals surface area (Å²) in [6.07, 6.45) is 3.50. The van der Waals surface area contributed by atoms with Crippen molar-refractivity contribution in [2.75, 3.05) is 32.1 Å². The molecule has 1 heterocycles. The van der Waals surface area contributed by atoms with E-state index in [-0.39, 0.29) is 5.91 Å². The topological polar surface area (TPSA) is 68.6 Å². The highest BCUT2D eigenvalue weighted by molar-refractivity contribution is 6.04. The number of ether oxygens (including phenoxy) is 2. The summed E-state index contributed by atoms with van der Waals surface area (Å²) in [6, 6.07) is 15.1. The van der Waals surface area contributed by atoms with Crippen molar-refractivity contribution in [3.63, 3.8) is 0 Å². The molecule has 2 aromatic carbocycles. The van der Waals surface area contributed by atoms with Crippen molar-refractivity contribution in [2.45, 2.75) is 27.0 Å². The normalized spacial score (nSPS) is 10.8. The summed E-state index contributed by atoms with van der Waals surface area (Å²) in [4.78, 5) is 15.0. The van der Waals surface area contributed by atoms with Gasteiger partial charge in [0.15, 0.2) is 11.5 Å². The summed E-state index contributed by atoms with van der Waals surface area (Å²) in [7, 11) is 1.56. The molecule has 7 heteroatoms. The third-order valence-corrected chi connectivity index (χ3v) is 5.09. The quantitative estimate of drug-likeness (QED) is 0.505. The van der Waals surface area contributed by atoms with Crippen LogP contribution in [0.15, 0.2) is 60.9 Å². The molecule has 3 aromatic rings. The van der Waals surface area contributed by atoms with Crippen LogP contribution < -0.4 is 14.8 Å². The average Bonchev–Trinajstić information content (AvgIpc) is 3.26. The number of anilines is 1. The van der Waals surface area contributed by atoms with Crippen LogP contribution in [0.5, 0.6) is 11.5 Å². The Kier molecular flexibility index (Phi) is 8.06. The van der Waals surface area contributed by atoms with Gasteiger partial charge in [-0.15, -0.1) is 0 Å². The van der Waals surface area contributed by atoms with E-state index in [1.807, 2.05) is 41.2 Å². The highest BCUT2D eigenvalue weighted by Crippen LogP contribution is 2.29. The van der Waals surface area contributed by atoms with E-state index in [9.17, 15) is 4.79 Å². The van der Waals surface area contributed by atoms with Crippen LogP contribution in [0, 0.1) is 0 Å². The number of benzene rings is 2. The Morgan fingerprint density at radius 1 is 1.10 bits per heavy atom. The van der Waals surface area contributed by atoms with Crippen molar-refractivity contribution >= 4 is 11.6 Å². The molecule has 164 valence electrons. The molecule has 0 spiro atoms. The highest BCUT2D eigenvalue weighted by atomic mass is 16.5. The molecule has 1 aromatic heterocycles. The van der Waals surface area contributed by atoms with E-state index >= 15 is 0 Å². The fourth-order valence-corrected chi connectivity index (χ4v) is 3.20. The highest BCUT2D eigenvalue weighted by Gasteiger charge is 2.13. The predicted octanol–water partition coefficient (Wildman–Crippen LogP) is 4.06. The molecule has 0 radical (unpaired) electrons. The van der Waals surface area contributed by atoms with Gasteiger partial charge in [-0.05, 0) is 36.9 Å². The van der Waals surface area contributed by atoms with Gasteiger partial charge in [-0.1, -0.05) is 44.2 Å². The Bertz CT molecular complexity index is 968. The summed E-state index contributed by atoms with van der Waals surface area (Å²) in [6.45, 7) is 8.43. The van der Waals surface area contributed by atoms with Crippen LogP contribution in [-0.4, -0.2) is 47.3 Å². The smallest absolute Gasteiger partial charge is 0.255 e. The Morgan fingerprint density at radius 2 is 1.87 bits per heavy atom. The third kappa shape index (κ3) is 6.33. The van der Waals surface area contributed by atoms with Crippen molar-refractivity contribution in [3.8, 4) is 11.5 Å². The fraction of sp³-hybridized carbons (Fsp3) is 0.333. The maximum Gasteiger partial charge on any atom is 0.255 e. The summed E-state index contributed by atoms with van der Waals surface area (Å²) in [5.41, 5.74) is 2.21. The maximum absolute atomic E-state index is 12.7. The van der Waals surface area contributed by atoms with Gasteiger partial charge in [0.1, 0.15) is 6.61 Å². The molecule has 0 aliphatic rings. The summed E-state index contributed by atoms with van der Waals surface area (Å²) in [5.74, 6) is 0.877. The standard InChI is InChI=1S/C24H30N4O3/c1-4-27(5-2)13-14-28-17-21(16-25-28)26-24(29)20-11-12-22(23(15-20)30-3)31-18-19-9-7-6-8-10-19/h6-12,15-17H,4-5,13-14,18H2,1-3H3,(H,26,29). The minimum absolute atomic E-state index is 0.226. The Morgan fingerprint density at radius 3 is 2.58 bits per heavy atom. The zero-order valence-electron chi connectivity index (χ0n) is 18.4. The minimum atomic E-state index is -0.226. The molecule has 0 aliphatic heterocycles. The van der Waals surface area contributed by atoms with E-state index < -0.39 is 0 Å². The number of carbonyl (C=O) groups is 1. The van der Waals surface area contributed by atoms with E-state index in [0.29, 0.717) is 29.4 Å². The summed E-state index contributed by atoms with van der Waals surface area (Å²) >= 11 is 0. The predicted molar refractivity (Wildman–Crippen MR) is 122 cm³/mol. The zero-order valence-corrected chi connectivity index (χ0v) is 18.4. The lowest BCUT2D eigenvalue weighted by atomic mass is 10.2. The van der Waals surface area contributed by atoms with Crippen molar-refractivity contribution in [1.29, 1.82) is 0 Å². The number of aromatic nitrogens is 2. The third-order valence-electron chi connectivity index (χ3n) is 5.09. The van der Waals surface area contributed by atoms with Crippen LogP contribution >= 0.6 is 0 Å². The second-order valence-corrected chi connectivity index (χ2v) is 7.11. The molecule has 7 nitrogen and oxygen atoms in total. The van der Waals surface area contributed by atoms with Gasteiger partial charge in [-0.3, -0.25) is 9.48 Å². The molecular weight excluding hydrogens is 392 g/mol. The molecule has 0 saturated heterocycles. The zero-order chi connectivity index (χ0) is 22.1. The summed E-state index contributed by atoms with van der Waals surface area (Å²) < 4.78 is 13.1. The van der Waals surface area contributed by atoms with Gasteiger partial charge in [0.05, 0.1) is 25.5 Å². The molecule has 1 N–H and O–H groups in total. The first-order chi connectivity index (χ1) is 15.1. The Balaban J connectivity index is 1.60. The lowest BCUT2D eigenvalue weighted by Crippen LogP contribution is -2.27. The fourth-order valence-electron chi connectivity index (χ4n) is 3.20. The van der Waals surface area contributed by atoms with E-state index in [2.05, 4.69) is 29.2 Å². The van der Waals surface area contributed by atoms with E-state index in [1.165, 1.54) is 0 Å². The van der Waals surface area contributed by atoms with Crippen molar-refractivity contribution in [2.24, 2.45) is 0 Å². The van der Waals surface area contributed by atoms with Gasteiger partial charge in [-0.25, -0.2) is 0 Å². The van der Waals surface area contributed by atoms with Crippen LogP contribution in [0.3, 0.4) is 0 Å². The second kappa shape index (κ2) is 11.2. The van der Waals surface area contributed by atoms with Crippen molar-refractivity contribution in [3.05, 3.63) is 72.1 Å². The van der Waals surface area contributed by atoms with Gasteiger partial charge in [0.25, 0.3) is 5.91 Å². The van der Waals surface area contributed by atoms with E-state index in [0.717, 1.165) is 31.7 Å². The molecule has 0 unspecified atom stereocenters. The number of nitrogens with one attached hydrogen (secondary N) is 1. The molecule has 0 bridgehead atoms. The molecular formula is C24H30N4O3. The van der Waals surface area contributed by atoms with Gasteiger partial charge in [-0.2, -0.15) is 5.10 Å². The SMILES string of the molecule is CCN(CC)CCn1cc(NC(=O)c2ccc(OCc3ccccc3)c(OC)c2)cn1. The number of carbonyl (C=O) groups excluding carboxylic acids is 1. The lowest BCUT2D eigenvalue weighted by Gasteiger charge is -2.17. The van der Waals surface area contributed by atoms with Crippen LogP contribution in [0.2, 0.25) is 0 Å². The lowest BCUT2D eigenvalue weighted by molar-refractivity contribution is 0.102. The van der Waals surface area contributed by atoms with Crippen LogP contribution in [0.25, 0.3) is 0 Å². The van der Waals surface area contributed by atoms with E-state index in [4.69, 9.17) is 9.47 Å². The number of hydrogen-bond donors (Lipinski definition) is 1. The van der Waals surface area contributed by atoms with E-state index in [1.54, 1.807) is 31.5 Å². The second-order valence-electron chi connectivity index (χ2n) is 7.11. The number of amides is 1. The summed E-state index contributed by atoms with van der Waals surface area (Å²) in [5, 5.41) is 7.23. The first-order valence-corrected chi connectivity index (χ1v) is 10.5. The average molecular weight is 423 g/mol. The number of hydrogen-bond acceptors (Lipinski definition) is 5. The van der Waals surface area contributed by atoms with Gasteiger partial charge in [0, 0.05) is 18.3 Å². The molecule has 1 amide bonds. The monoisotopic (exact) mass is 422 g/mol. The molecule has 31 heavy (non-hydrogen) atoms. The number of rotatable bonds is 11. The van der Waals surface area contributed by atoms with Crippen LogP contribution in [-0.2, 0) is 13.2 Å². The Hall–Kier alpha value is -3.32.